The SMILES string of the molecule is Clc1cc(Cl)c(Sc2ccc(Br)cc2)nc1Cl. The Labute approximate surface area is 127 Å². The number of benzene rings is 1. The molecule has 1 aromatic heterocycles. The number of rotatable bonds is 2. The fraction of sp³-hybridized carbons (Fsp3) is 0. The first kappa shape index (κ1) is 13.5. The molecule has 0 saturated heterocycles. The number of hydrogen-bond donors (Lipinski definition) is 0. The van der Waals surface area contributed by atoms with Gasteiger partial charge in [-0.2, -0.15) is 0 Å². The molecule has 0 aliphatic heterocycles. The van der Waals surface area contributed by atoms with Crippen LogP contribution in [0.25, 0.3) is 0 Å². The van der Waals surface area contributed by atoms with Crippen molar-refractivity contribution in [1.82, 2.24) is 4.98 Å². The molecule has 0 radical (unpaired) electrons. The number of aromatic nitrogens is 1. The average Bonchev–Trinajstić information content (AvgIpc) is 2.29. The third-order valence-corrected chi connectivity index (χ3v) is 4.50. The molecule has 0 N–H and O–H groups in total. The molecule has 0 aliphatic carbocycles. The van der Waals surface area contributed by atoms with Gasteiger partial charge in [0, 0.05) is 9.37 Å². The lowest BCUT2D eigenvalue weighted by molar-refractivity contribution is 1.13. The van der Waals surface area contributed by atoms with Gasteiger partial charge in [0.2, 0.25) is 0 Å². The molecular weight excluding hydrogens is 364 g/mol. The molecule has 0 fully saturated rings. The monoisotopic (exact) mass is 367 g/mol. The second-order valence-electron chi connectivity index (χ2n) is 3.10. The molecule has 1 aromatic carbocycles. The van der Waals surface area contributed by atoms with E-state index in [0.29, 0.717) is 15.1 Å². The molecular formula is C11H5BrCl3NS. The smallest absolute Gasteiger partial charge is 0.149 e. The van der Waals surface area contributed by atoms with Crippen LogP contribution < -0.4 is 0 Å². The molecule has 0 atom stereocenters. The zero-order valence-electron chi connectivity index (χ0n) is 8.25. The van der Waals surface area contributed by atoms with Crippen LogP contribution in [-0.4, -0.2) is 4.98 Å². The highest BCUT2D eigenvalue weighted by Gasteiger charge is 2.09. The molecule has 0 saturated carbocycles. The molecule has 17 heavy (non-hydrogen) atoms. The summed E-state index contributed by atoms with van der Waals surface area (Å²) in [6.45, 7) is 0. The van der Waals surface area contributed by atoms with Crippen LogP contribution in [0.1, 0.15) is 0 Å². The Morgan fingerprint density at radius 2 is 1.65 bits per heavy atom. The number of pyridine rings is 1. The minimum atomic E-state index is 0.260. The van der Waals surface area contributed by atoms with Gasteiger partial charge < -0.3 is 0 Å². The van der Waals surface area contributed by atoms with Gasteiger partial charge in [-0.05, 0) is 30.3 Å². The molecule has 6 heteroatoms. The maximum absolute atomic E-state index is 6.05. The van der Waals surface area contributed by atoms with Crippen molar-refractivity contribution in [2.24, 2.45) is 0 Å². The van der Waals surface area contributed by atoms with Gasteiger partial charge in [-0.15, -0.1) is 0 Å². The summed E-state index contributed by atoms with van der Waals surface area (Å²) in [6, 6.07) is 9.44. The summed E-state index contributed by atoms with van der Waals surface area (Å²) >= 11 is 22.5. The molecule has 0 aliphatic rings. The predicted octanol–water partition coefficient (Wildman–Crippen LogP) is 5.96. The Morgan fingerprint density at radius 1 is 1.00 bits per heavy atom. The molecule has 0 amide bonds. The standard InChI is InChI=1S/C11H5BrCl3NS/c12-6-1-3-7(4-2-6)17-11-9(14)5-8(13)10(15)16-11/h1-5H. The molecule has 2 aromatic rings. The van der Waals surface area contributed by atoms with Crippen LogP contribution in [0.4, 0.5) is 0 Å². The first-order valence-corrected chi connectivity index (χ1v) is 7.25. The van der Waals surface area contributed by atoms with Crippen molar-refractivity contribution < 1.29 is 0 Å². The highest BCUT2D eigenvalue weighted by atomic mass is 79.9. The van der Waals surface area contributed by atoms with Crippen molar-refractivity contribution in [2.75, 3.05) is 0 Å². The fourth-order valence-corrected chi connectivity index (χ4v) is 2.83. The Balaban J connectivity index is 2.30. The Hall–Kier alpha value is 0.0700. The topological polar surface area (TPSA) is 12.9 Å². The van der Waals surface area contributed by atoms with E-state index in [2.05, 4.69) is 20.9 Å². The maximum Gasteiger partial charge on any atom is 0.149 e. The van der Waals surface area contributed by atoms with Gasteiger partial charge >= 0.3 is 0 Å². The third kappa shape index (κ3) is 3.52. The molecule has 0 bridgehead atoms. The van der Waals surface area contributed by atoms with Crippen LogP contribution in [0.3, 0.4) is 0 Å². The van der Waals surface area contributed by atoms with Gasteiger partial charge in [-0.3, -0.25) is 0 Å². The largest absolute Gasteiger partial charge is 0.226 e. The third-order valence-electron chi connectivity index (χ3n) is 1.88. The maximum atomic E-state index is 6.05. The van der Waals surface area contributed by atoms with Crippen LogP contribution in [0, 0.1) is 0 Å². The minimum absolute atomic E-state index is 0.260. The second kappa shape index (κ2) is 5.81. The molecule has 0 spiro atoms. The zero-order chi connectivity index (χ0) is 12.4. The van der Waals surface area contributed by atoms with Gasteiger partial charge in [0.1, 0.15) is 10.2 Å². The van der Waals surface area contributed by atoms with Crippen molar-refractivity contribution in [3.8, 4) is 0 Å². The van der Waals surface area contributed by atoms with E-state index in [1.54, 1.807) is 6.07 Å². The van der Waals surface area contributed by atoms with Gasteiger partial charge in [0.05, 0.1) is 10.0 Å². The normalized spacial score (nSPS) is 10.6. The van der Waals surface area contributed by atoms with Crippen LogP contribution in [-0.2, 0) is 0 Å². The van der Waals surface area contributed by atoms with Gasteiger partial charge in [0.25, 0.3) is 0 Å². The van der Waals surface area contributed by atoms with E-state index >= 15 is 0 Å². The summed E-state index contributed by atoms with van der Waals surface area (Å²) < 4.78 is 1.02. The molecule has 1 heterocycles. The number of nitrogens with zero attached hydrogens (tertiary/aromatic N) is 1. The van der Waals surface area contributed by atoms with Gasteiger partial charge in [-0.1, -0.05) is 62.5 Å². The minimum Gasteiger partial charge on any atom is -0.226 e. The first-order chi connectivity index (χ1) is 8.06. The van der Waals surface area contributed by atoms with Crippen molar-refractivity contribution in [1.29, 1.82) is 0 Å². The van der Waals surface area contributed by atoms with Gasteiger partial charge in [-0.25, -0.2) is 4.98 Å². The quantitative estimate of drug-likeness (QED) is 0.606. The Kier molecular flexibility index (Phi) is 4.61. The lowest BCUT2D eigenvalue weighted by Crippen LogP contribution is -1.84. The number of hydrogen-bond acceptors (Lipinski definition) is 2. The molecule has 0 unspecified atom stereocenters. The lowest BCUT2D eigenvalue weighted by Gasteiger charge is -2.05. The van der Waals surface area contributed by atoms with Crippen molar-refractivity contribution in [2.45, 2.75) is 9.92 Å². The summed E-state index contributed by atoms with van der Waals surface area (Å²) in [5, 5.41) is 1.75. The second-order valence-corrected chi connectivity index (χ2v) is 6.25. The summed E-state index contributed by atoms with van der Waals surface area (Å²) in [6.07, 6.45) is 0. The Bertz CT molecular complexity index is 545. The van der Waals surface area contributed by atoms with E-state index in [0.717, 1.165) is 9.37 Å². The van der Waals surface area contributed by atoms with E-state index in [1.165, 1.54) is 11.8 Å². The highest BCUT2D eigenvalue weighted by Crippen LogP contribution is 2.35. The summed E-state index contributed by atoms with van der Waals surface area (Å²) in [4.78, 5) is 5.17. The zero-order valence-corrected chi connectivity index (χ0v) is 12.9. The van der Waals surface area contributed by atoms with Crippen LogP contribution in [0.5, 0.6) is 0 Å². The molecule has 1 nitrogen and oxygen atoms in total. The van der Waals surface area contributed by atoms with Crippen molar-refractivity contribution in [3.63, 3.8) is 0 Å². The summed E-state index contributed by atoms with van der Waals surface area (Å²) in [5.74, 6) is 0. The lowest BCUT2D eigenvalue weighted by atomic mass is 10.4. The van der Waals surface area contributed by atoms with E-state index in [-0.39, 0.29) is 5.15 Å². The van der Waals surface area contributed by atoms with E-state index in [4.69, 9.17) is 34.8 Å². The van der Waals surface area contributed by atoms with Gasteiger partial charge in [0.15, 0.2) is 0 Å². The fourth-order valence-electron chi connectivity index (χ4n) is 1.11. The molecule has 88 valence electrons. The van der Waals surface area contributed by atoms with Crippen molar-refractivity contribution >= 4 is 62.5 Å². The van der Waals surface area contributed by atoms with E-state index in [1.807, 2.05) is 24.3 Å². The predicted molar refractivity (Wildman–Crippen MR) is 77.5 cm³/mol. The molecule has 2 rings (SSSR count). The van der Waals surface area contributed by atoms with E-state index < -0.39 is 0 Å². The van der Waals surface area contributed by atoms with Crippen molar-refractivity contribution in [3.05, 3.63) is 50.0 Å². The van der Waals surface area contributed by atoms with Crippen LogP contribution >= 0.6 is 62.5 Å². The summed E-state index contributed by atoms with van der Waals surface area (Å²) in [7, 11) is 0. The Morgan fingerprint density at radius 3 is 2.29 bits per heavy atom. The highest BCUT2D eigenvalue weighted by molar-refractivity contribution is 9.10. The number of halogens is 4. The average molecular weight is 369 g/mol. The first-order valence-electron chi connectivity index (χ1n) is 4.51. The van der Waals surface area contributed by atoms with E-state index in [9.17, 15) is 0 Å². The summed E-state index contributed by atoms with van der Waals surface area (Å²) in [5.41, 5.74) is 0. The van der Waals surface area contributed by atoms with Crippen LogP contribution in [0.2, 0.25) is 15.2 Å². The van der Waals surface area contributed by atoms with Crippen LogP contribution in [0.15, 0.2) is 44.7 Å².